The van der Waals surface area contributed by atoms with Crippen molar-refractivity contribution >= 4 is 21.6 Å². The Kier molecular flexibility index (Phi) is 1.26. The normalized spacial score (nSPS) is 10.2. The molecule has 0 aliphatic carbocycles. The molecule has 11 heavy (non-hydrogen) atoms. The lowest BCUT2D eigenvalue weighted by atomic mass is 10.5. The Balaban J connectivity index is 2.94. The summed E-state index contributed by atoms with van der Waals surface area (Å²) >= 11 is 3.33. The summed E-state index contributed by atoms with van der Waals surface area (Å²) in [6.45, 7) is 0. The minimum Gasteiger partial charge on any atom is -0.345 e. The molecule has 0 fully saturated rings. The third kappa shape index (κ3) is 0.780. The van der Waals surface area contributed by atoms with Crippen molar-refractivity contribution in [2.45, 2.75) is 0 Å². The molecule has 2 rings (SSSR count). The van der Waals surface area contributed by atoms with Gasteiger partial charge >= 0.3 is 0 Å². The van der Waals surface area contributed by atoms with Gasteiger partial charge in [0.1, 0.15) is 17.4 Å². The highest BCUT2D eigenvalue weighted by atomic mass is 79.9. The molecule has 0 saturated carbocycles. The molecule has 0 spiro atoms. The van der Waals surface area contributed by atoms with Crippen LogP contribution in [0.1, 0.15) is 5.69 Å². The fourth-order valence-electron chi connectivity index (χ4n) is 1.06. The number of halogens is 1. The zero-order chi connectivity index (χ0) is 7.84. The smallest absolute Gasteiger partial charge is 0.143 e. The first kappa shape index (κ1) is 6.50. The second-order valence-electron chi connectivity index (χ2n) is 2.16. The van der Waals surface area contributed by atoms with E-state index in [1.807, 2.05) is 12.1 Å². The number of nitriles is 1. The van der Waals surface area contributed by atoms with E-state index < -0.39 is 0 Å². The largest absolute Gasteiger partial charge is 0.345 e. The average Bonchev–Trinajstić information content (AvgIpc) is 2.54. The molecule has 0 amide bonds. The Bertz CT molecular complexity index is 432. The van der Waals surface area contributed by atoms with Gasteiger partial charge in [0.25, 0.3) is 0 Å². The van der Waals surface area contributed by atoms with Crippen molar-refractivity contribution in [3.63, 3.8) is 0 Å². The van der Waals surface area contributed by atoms with Crippen LogP contribution in [-0.4, -0.2) is 9.38 Å². The second-order valence-corrected chi connectivity index (χ2v) is 2.97. The summed E-state index contributed by atoms with van der Waals surface area (Å²) in [6.07, 6.45) is 1.68. The van der Waals surface area contributed by atoms with Gasteiger partial charge in [-0.2, -0.15) is 5.26 Å². The molecule has 0 radical (unpaired) electrons. The number of nitrogens with one attached hydrogen (secondary N) is 1. The van der Waals surface area contributed by atoms with Crippen LogP contribution in [0.2, 0.25) is 0 Å². The Hall–Kier alpha value is -1.21. The van der Waals surface area contributed by atoms with Crippen molar-refractivity contribution in [3.8, 4) is 6.07 Å². The third-order valence-corrected chi connectivity index (χ3v) is 2.16. The predicted octanol–water partition coefficient (Wildman–Crippen LogP) is 1.90. The summed E-state index contributed by atoms with van der Waals surface area (Å²) in [7, 11) is 0. The molecule has 0 atom stereocenters. The van der Waals surface area contributed by atoms with Crippen LogP contribution in [0.15, 0.2) is 22.9 Å². The minimum absolute atomic E-state index is 0.608. The molecule has 0 aliphatic rings. The SMILES string of the molecule is N#Cc1c[nH]c2ccc(Br)n12. The Morgan fingerprint density at radius 1 is 1.55 bits per heavy atom. The van der Waals surface area contributed by atoms with E-state index >= 15 is 0 Å². The second kappa shape index (κ2) is 2.14. The molecule has 0 aliphatic heterocycles. The first-order valence-electron chi connectivity index (χ1n) is 3.07. The molecule has 54 valence electrons. The van der Waals surface area contributed by atoms with Crippen LogP contribution in [0.25, 0.3) is 5.65 Å². The third-order valence-electron chi connectivity index (χ3n) is 1.55. The van der Waals surface area contributed by atoms with Gasteiger partial charge in [-0.15, -0.1) is 0 Å². The highest BCUT2D eigenvalue weighted by Crippen LogP contribution is 2.16. The highest BCUT2D eigenvalue weighted by molar-refractivity contribution is 9.10. The quantitative estimate of drug-likeness (QED) is 0.708. The highest BCUT2D eigenvalue weighted by Gasteiger charge is 2.03. The molecule has 0 bridgehead atoms. The van der Waals surface area contributed by atoms with Crippen LogP contribution in [0.5, 0.6) is 0 Å². The lowest BCUT2D eigenvalue weighted by molar-refractivity contribution is 1.15. The molecule has 4 heteroatoms. The van der Waals surface area contributed by atoms with E-state index in [0.717, 1.165) is 10.3 Å². The van der Waals surface area contributed by atoms with E-state index in [2.05, 4.69) is 27.0 Å². The first-order valence-corrected chi connectivity index (χ1v) is 3.86. The summed E-state index contributed by atoms with van der Waals surface area (Å²) in [5, 5.41) is 8.66. The van der Waals surface area contributed by atoms with Gasteiger partial charge in [-0.1, -0.05) is 0 Å². The minimum atomic E-state index is 0.608. The van der Waals surface area contributed by atoms with Crippen molar-refractivity contribution in [2.75, 3.05) is 0 Å². The van der Waals surface area contributed by atoms with Crippen LogP contribution in [0.3, 0.4) is 0 Å². The molecule has 0 saturated heterocycles. The molecule has 2 aromatic rings. The monoisotopic (exact) mass is 209 g/mol. The van der Waals surface area contributed by atoms with Crippen LogP contribution in [-0.2, 0) is 0 Å². The number of H-pyrrole nitrogens is 1. The summed E-state index contributed by atoms with van der Waals surface area (Å²) in [5.74, 6) is 0. The molecule has 3 nitrogen and oxygen atoms in total. The van der Waals surface area contributed by atoms with Crippen molar-refractivity contribution in [1.29, 1.82) is 5.26 Å². The van der Waals surface area contributed by atoms with E-state index in [-0.39, 0.29) is 0 Å². The van der Waals surface area contributed by atoms with Crippen molar-refractivity contribution in [1.82, 2.24) is 9.38 Å². The summed E-state index contributed by atoms with van der Waals surface area (Å²) < 4.78 is 2.70. The molecule has 0 unspecified atom stereocenters. The van der Waals surface area contributed by atoms with Crippen molar-refractivity contribution in [2.24, 2.45) is 0 Å². The van der Waals surface area contributed by atoms with Gasteiger partial charge in [0.15, 0.2) is 0 Å². The van der Waals surface area contributed by atoms with Crippen LogP contribution in [0.4, 0.5) is 0 Å². The Morgan fingerprint density at radius 2 is 2.36 bits per heavy atom. The molecule has 2 aromatic heterocycles. The summed E-state index contributed by atoms with van der Waals surface area (Å²) in [6, 6.07) is 5.88. The number of hydrogen-bond acceptors (Lipinski definition) is 1. The zero-order valence-corrected chi connectivity index (χ0v) is 7.09. The van der Waals surface area contributed by atoms with Crippen molar-refractivity contribution in [3.05, 3.63) is 28.6 Å². The number of imidazole rings is 1. The van der Waals surface area contributed by atoms with Gasteiger partial charge in [-0.25, -0.2) is 0 Å². The number of rotatable bonds is 0. The number of hydrogen-bond donors (Lipinski definition) is 1. The maximum absolute atomic E-state index is 8.66. The summed E-state index contributed by atoms with van der Waals surface area (Å²) in [4.78, 5) is 2.97. The first-order chi connectivity index (χ1) is 5.33. The Labute approximate surface area is 71.4 Å². The molecule has 2 heterocycles. The van der Waals surface area contributed by atoms with E-state index in [9.17, 15) is 0 Å². The summed E-state index contributed by atoms with van der Waals surface area (Å²) in [5.41, 5.74) is 1.53. The van der Waals surface area contributed by atoms with Gasteiger partial charge in [0, 0.05) is 6.20 Å². The number of nitrogens with zero attached hydrogens (tertiary/aromatic N) is 2. The average molecular weight is 210 g/mol. The predicted molar refractivity (Wildman–Crippen MR) is 44.2 cm³/mol. The van der Waals surface area contributed by atoms with Gasteiger partial charge in [-0.05, 0) is 28.1 Å². The Morgan fingerprint density at radius 3 is 3.09 bits per heavy atom. The van der Waals surface area contributed by atoms with Crippen LogP contribution < -0.4 is 0 Å². The maximum atomic E-state index is 8.66. The zero-order valence-electron chi connectivity index (χ0n) is 5.50. The lowest BCUT2D eigenvalue weighted by Crippen LogP contribution is -1.82. The van der Waals surface area contributed by atoms with E-state index in [0.29, 0.717) is 5.69 Å². The van der Waals surface area contributed by atoms with Crippen LogP contribution >= 0.6 is 15.9 Å². The van der Waals surface area contributed by atoms with Gasteiger partial charge in [0.05, 0.1) is 4.60 Å². The van der Waals surface area contributed by atoms with Gasteiger partial charge in [0.2, 0.25) is 0 Å². The fourth-order valence-corrected chi connectivity index (χ4v) is 1.57. The fraction of sp³-hybridized carbons (Fsp3) is 0. The van der Waals surface area contributed by atoms with Crippen molar-refractivity contribution < 1.29 is 0 Å². The van der Waals surface area contributed by atoms with Gasteiger partial charge < -0.3 is 4.98 Å². The molecular formula is C7H4BrN3. The van der Waals surface area contributed by atoms with Gasteiger partial charge in [-0.3, -0.25) is 4.40 Å². The lowest BCUT2D eigenvalue weighted by Gasteiger charge is -1.87. The van der Waals surface area contributed by atoms with E-state index in [1.54, 1.807) is 10.6 Å². The standard InChI is InChI=1S/C7H4BrN3/c8-6-1-2-7-10-4-5(3-9)11(6)7/h1-2,4,10H. The maximum Gasteiger partial charge on any atom is 0.143 e. The van der Waals surface area contributed by atoms with E-state index in [1.165, 1.54) is 0 Å². The number of aromatic nitrogens is 2. The van der Waals surface area contributed by atoms with E-state index in [4.69, 9.17) is 5.26 Å². The molecule has 0 aromatic carbocycles. The molecular weight excluding hydrogens is 206 g/mol. The van der Waals surface area contributed by atoms with Crippen LogP contribution in [0, 0.1) is 11.3 Å². The molecule has 1 N–H and O–H groups in total. The number of aromatic amines is 1. The topological polar surface area (TPSA) is 44.0 Å². The number of fused-ring (bicyclic) bond motifs is 1.